The van der Waals surface area contributed by atoms with E-state index >= 15 is 0 Å². The second-order valence-corrected chi connectivity index (χ2v) is 4.22. The van der Waals surface area contributed by atoms with Crippen LogP contribution in [0.2, 0.25) is 0 Å². The lowest BCUT2D eigenvalue weighted by Gasteiger charge is -2.15. The average Bonchev–Trinajstić information content (AvgIpc) is 2.26. The summed E-state index contributed by atoms with van der Waals surface area (Å²) in [6.07, 6.45) is -0.740. The van der Waals surface area contributed by atoms with Gasteiger partial charge in [-0.3, -0.25) is 4.79 Å². The average molecular weight is 275 g/mol. The molecule has 0 aromatic heterocycles. The fraction of sp³-hybridized carbons (Fsp3) is 0.417. The number of primary amides is 1. The highest BCUT2D eigenvalue weighted by Gasteiger charge is 2.13. The fourth-order valence-electron chi connectivity index (χ4n) is 1.42. The largest absolute Gasteiger partial charge is 0.507 e. The maximum atomic E-state index is 11.0. The molecule has 5 N–H and O–H groups in total. The van der Waals surface area contributed by atoms with E-state index in [4.69, 9.17) is 5.73 Å². The molecule has 0 heterocycles. The van der Waals surface area contributed by atoms with E-state index in [0.29, 0.717) is 12.1 Å². The summed E-state index contributed by atoms with van der Waals surface area (Å²) in [6, 6.07) is 4.59. The number of benzene rings is 1. The molecule has 1 rings (SSSR count). The van der Waals surface area contributed by atoms with Crippen LogP contribution in [-0.4, -0.2) is 28.7 Å². The predicted molar refractivity (Wildman–Crippen MR) is 72.0 cm³/mol. The quantitative estimate of drug-likeness (QED) is 0.643. The molecule has 1 unspecified atom stereocenters. The zero-order chi connectivity index (χ0) is 13.0. The molecule has 0 fully saturated rings. The van der Waals surface area contributed by atoms with Crippen LogP contribution in [0.3, 0.4) is 0 Å². The van der Waals surface area contributed by atoms with Gasteiger partial charge in [0.1, 0.15) is 5.75 Å². The van der Waals surface area contributed by atoms with Crippen molar-refractivity contribution in [2.24, 2.45) is 5.73 Å². The number of carbonyl (C=O) groups is 1. The Balaban J connectivity index is 0.00000289. The van der Waals surface area contributed by atoms with Crippen LogP contribution in [0.4, 0.5) is 0 Å². The summed E-state index contributed by atoms with van der Waals surface area (Å²) in [6.45, 7) is 4.32. The molecule has 0 saturated carbocycles. The molecule has 0 aliphatic heterocycles. The summed E-state index contributed by atoms with van der Waals surface area (Å²) in [5.41, 5.74) is 5.68. The Kier molecular flexibility index (Phi) is 6.68. The summed E-state index contributed by atoms with van der Waals surface area (Å²) < 4.78 is 0. The monoisotopic (exact) mass is 274 g/mol. The maximum Gasteiger partial charge on any atom is 0.252 e. The number of carbonyl (C=O) groups excluding carboxylic acids is 1. The lowest BCUT2D eigenvalue weighted by molar-refractivity contribution is 0.0997. The highest BCUT2D eigenvalue weighted by atomic mass is 35.5. The Morgan fingerprint density at radius 3 is 2.56 bits per heavy atom. The van der Waals surface area contributed by atoms with Crippen molar-refractivity contribution in [3.63, 3.8) is 0 Å². The second kappa shape index (κ2) is 7.20. The Morgan fingerprint density at radius 2 is 2.06 bits per heavy atom. The summed E-state index contributed by atoms with van der Waals surface area (Å²) in [5, 5.41) is 22.4. The van der Waals surface area contributed by atoms with Crippen molar-refractivity contribution in [2.75, 3.05) is 6.54 Å². The van der Waals surface area contributed by atoms with Crippen LogP contribution in [0.15, 0.2) is 18.2 Å². The van der Waals surface area contributed by atoms with Gasteiger partial charge >= 0.3 is 0 Å². The number of rotatable bonds is 5. The summed E-state index contributed by atoms with van der Waals surface area (Å²) >= 11 is 0. The number of hydrogen-bond donors (Lipinski definition) is 4. The van der Waals surface area contributed by atoms with Crippen LogP contribution >= 0.6 is 12.4 Å². The molecular weight excluding hydrogens is 256 g/mol. The lowest BCUT2D eigenvalue weighted by Crippen LogP contribution is -2.28. The standard InChI is InChI=1S/C12H18N2O3.ClH/c1-7(2)14-6-11(16)8-3-4-10(15)9(5-8)12(13)17;/h3-5,7,11,14-16H,6H2,1-2H3,(H2,13,17);1H. The van der Waals surface area contributed by atoms with Gasteiger partial charge in [-0.05, 0) is 17.7 Å². The molecule has 5 nitrogen and oxygen atoms in total. The molecule has 0 aliphatic rings. The first-order valence-corrected chi connectivity index (χ1v) is 5.46. The van der Waals surface area contributed by atoms with Crippen molar-refractivity contribution in [2.45, 2.75) is 26.0 Å². The van der Waals surface area contributed by atoms with Gasteiger partial charge in [0.05, 0.1) is 11.7 Å². The zero-order valence-electron chi connectivity index (χ0n) is 10.4. The number of nitrogens with two attached hydrogens (primary N) is 1. The van der Waals surface area contributed by atoms with Gasteiger partial charge in [0, 0.05) is 12.6 Å². The van der Waals surface area contributed by atoms with Crippen LogP contribution in [-0.2, 0) is 0 Å². The van der Waals surface area contributed by atoms with Gasteiger partial charge < -0.3 is 21.3 Å². The zero-order valence-corrected chi connectivity index (χ0v) is 11.2. The molecule has 0 spiro atoms. The topological polar surface area (TPSA) is 95.6 Å². The molecule has 0 saturated heterocycles. The van der Waals surface area contributed by atoms with Crippen LogP contribution in [0.25, 0.3) is 0 Å². The summed E-state index contributed by atoms with van der Waals surface area (Å²) in [5.74, 6) is -0.890. The van der Waals surface area contributed by atoms with E-state index in [0.717, 1.165) is 0 Å². The molecule has 0 bridgehead atoms. The highest BCUT2D eigenvalue weighted by molar-refractivity contribution is 5.95. The minimum absolute atomic E-state index is 0. The van der Waals surface area contributed by atoms with E-state index in [-0.39, 0.29) is 29.8 Å². The van der Waals surface area contributed by atoms with Crippen molar-refractivity contribution in [1.82, 2.24) is 5.32 Å². The molecule has 6 heteroatoms. The van der Waals surface area contributed by atoms with Crippen molar-refractivity contribution < 1.29 is 15.0 Å². The van der Waals surface area contributed by atoms with Crippen molar-refractivity contribution in [3.05, 3.63) is 29.3 Å². The van der Waals surface area contributed by atoms with Crippen LogP contribution < -0.4 is 11.1 Å². The molecule has 1 amide bonds. The number of aliphatic hydroxyl groups is 1. The molecule has 1 atom stereocenters. The summed E-state index contributed by atoms with van der Waals surface area (Å²) in [7, 11) is 0. The molecular formula is C12H19ClN2O3. The van der Waals surface area contributed by atoms with E-state index in [1.54, 1.807) is 6.07 Å². The third-order valence-electron chi connectivity index (χ3n) is 2.39. The van der Waals surface area contributed by atoms with Gasteiger partial charge in [-0.25, -0.2) is 0 Å². The second-order valence-electron chi connectivity index (χ2n) is 4.22. The Labute approximate surface area is 112 Å². The Bertz CT molecular complexity index is 410. The Hall–Kier alpha value is -1.30. The van der Waals surface area contributed by atoms with Crippen LogP contribution in [0.5, 0.6) is 5.75 Å². The summed E-state index contributed by atoms with van der Waals surface area (Å²) in [4.78, 5) is 11.0. The SMILES string of the molecule is CC(C)NCC(O)c1ccc(O)c(C(N)=O)c1.Cl. The molecule has 1 aromatic rings. The molecule has 0 radical (unpaired) electrons. The number of halogens is 1. The molecule has 1 aromatic carbocycles. The van der Waals surface area contributed by atoms with E-state index in [9.17, 15) is 15.0 Å². The predicted octanol–water partition coefficient (Wildman–Crippen LogP) is 0.944. The van der Waals surface area contributed by atoms with Gasteiger partial charge in [-0.1, -0.05) is 19.9 Å². The number of aromatic hydroxyl groups is 1. The lowest BCUT2D eigenvalue weighted by atomic mass is 10.0. The third kappa shape index (κ3) is 4.52. The van der Waals surface area contributed by atoms with Gasteiger partial charge in [0.2, 0.25) is 0 Å². The van der Waals surface area contributed by atoms with E-state index in [1.807, 2.05) is 13.8 Å². The maximum absolute atomic E-state index is 11.0. The first-order chi connectivity index (χ1) is 7.91. The molecule has 0 aliphatic carbocycles. The smallest absolute Gasteiger partial charge is 0.252 e. The first-order valence-electron chi connectivity index (χ1n) is 5.46. The van der Waals surface area contributed by atoms with Gasteiger partial charge in [0.15, 0.2) is 0 Å². The van der Waals surface area contributed by atoms with E-state index in [1.165, 1.54) is 12.1 Å². The van der Waals surface area contributed by atoms with Crippen LogP contribution in [0, 0.1) is 0 Å². The van der Waals surface area contributed by atoms with Crippen LogP contribution in [0.1, 0.15) is 35.9 Å². The molecule has 18 heavy (non-hydrogen) atoms. The van der Waals surface area contributed by atoms with Gasteiger partial charge in [0.25, 0.3) is 5.91 Å². The minimum Gasteiger partial charge on any atom is -0.507 e. The normalized spacial score (nSPS) is 12.0. The van der Waals surface area contributed by atoms with Crippen molar-refractivity contribution >= 4 is 18.3 Å². The number of nitrogens with one attached hydrogen (secondary N) is 1. The number of phenols is 1. The Morgan fingerprint density at radius 1 is 1.44 bits per heavy atom. The number of amides is 1. The fourth-order valence-corrected chi connectivity index (χ4v) is 1.42. The van der Waals surface area contributed by atoms with Gasteiger partial charge in [-0.2, -0.15) is 0 Å². The highest BCUT2D eigenvalue weighted by Crippen LogP contribution is 2.21. The van der Waals surface area contributed by atoms with Crippen molar-refractivity contribution in [3.8, 4) is 5.75 Å². The molecule has 102 valence electrons. The van der Waals surface area contributed by atoms with E-state index in [2.05, 4.69) is 5.32 Å². The van der Waals surface area contributed by atoms with E-state index < -0.39 is 12.0 Å². The third-order valence-corrected chi connectivity index (χ3v) is 2.39. The first kappa shape index (κ1) is 16.7. The number of hydrogen-bond acceptors (Lipinski definition) is 4. The number of aliphatic hydroxyl groups excluding tert-OH is 1. The van der Waals surface area contributed by atoms with Gasteiger partial charge in [-0.15, -0.1) is 12.4 Å². The van der Waals surface area contributed by atoms with Crippen molar-refractivity contribution in [1.29, 1.82) is 0 Å². The minimum atomic E-state index is -0.740.